The molecule has 1 aliphatic heterocycles. The normalized spacial score (nSPS) is 16.6. The zero-order valence-electron chi connectivity index (χ0n) is 22.4. The Labute approximate surface area is 226 Å². The second-order valence-corrected chi connectivity index (χ2v) is 9.13. The van der Waals surface area contributed by atoms with Crippen molar-refractivity contribution < 1.29 is 28.5 Å². The molecule has 0 saturated heterocycles. The highest BCUT2D eigenvalue weighted by Gasteiger charge is 2.48. The molecular weight excluding hydrogens is 498 g/mol. The van der Waals surface area contributed by atoms with Gasteiger partial charge in [0.05, 0.1) is 45.0 Å². The van der Waals surface area contributed by atoms with Gasteiger partial charge in [0, 0.05) is 6.54 Å². The van der Waals surface area contributed by atoms with Gasteiger partial charge in [0.2, 0.25) is 17.6 Å². The second-order valence-electron chi connectivity index (χ2n) is 9.13. The van der Waals surface area contributed by atoms with E-state index in [1.54, 1.807) is 24.0 Å². The van der Waals surface area contributed by atoms with E-state index in [9.17, 15) is 9.59 Å². The summed E-state index contributed by atoms with van der Waals surface area (Å²) in [6.07, 6.45) is 0.597. The second kappa shape index (κ2) is 11.1. The van der Waals surface area contributed by atoms with Crippen molar-refractivity contribution in [3.8, 4) is 17.2 Å². The van der Waals surface area contributed by atoms with E-state index in [4.69, 9.17) is 23.9 Å². The average molecular weight is 530 g/mol. The predicted octanol–water partition coefficient (Wildman–Crippen LogP) is 4.42. The fourth-order valence-corrected chi connectivity index (χ4v) is 5.22. The number of aromatic nitrogens is 2. The predicted molar refractivity (Wildman–Crippen MR) is 147 cm³/mol. The summed E-state index contributed by atoms with van der Waals surface area (Å²) in [5.41, 5.74) is 3.21. The van der Waals surface area contributed by atoms with E-state index in [1.807, 2.05) is 59.2 Å². The van der Waals surface area contributed by atoms with Crippen molar-refractivity contribution in [2.45, 2.75) is 19.4 Å². The molecule has 1 aromatic heterocycles. The maximum Gasteiger partial charge on any atom is 0.321 e. The van der Waals surface area contributed by atoms with Gasteiger partial charge in [-0.2, -0.15) is 0 Å². The van der Waals surface area contributed by atoms with Gasteiger partial charge in [-0.15, -0.1) is 0 Å². The van der Waals surface area contributed by atoms with Crippen LogP contribution in [0.1, 0.15) is 24.1 Å². The maximum absolute atomic E-state index is 14.2. The summed E-state index contributed by atoms with van der Waals surface area (Å²) >= 11 is 0. The minimum Gasteiger partial charge on any atom is -0.493 e. The number of hydrogen-bond donors (Lipinski definition) is 0. The Balaban J connectivity index is 1.73. The number of rotatable bonds is 9. The third kappa shape index (κ3) is 4.65. The minimum absolute atomic E-state index is 0.145. The number of carbonyl (C=O) groups is 2. The number of ether oxygens (including phenoxy) is 4. The fraction of sp³-hybridized carbons (Fsp3) is 0.300. The van der Waals surface area contributed by atoms with Crippen LogP contribution in [0, 0.1) is 5.92 Å². The number of benzene rings is 3. The first kappa shape index (κ1) is 26.1. The van der Waals surface area contributed by atoms with Gasteiger partial charge in [0.1, 0.15) is 0 Å². The van der Waals surface area contributed by atoms with Crippen molar-refractivity contribution in [1.29, 1.82) is 0 Å². The van der Waals surface area contributed by atoms with Crippen molar-refractivity contribution in [3.63, 3.8) is 0 Å². The lowest BCUT2D eigenvalue weighted by Gasteiger charge is -2.38. The summed E-state index contributed by atoms with van der Waals surface area (Å²) in [5, 5.41) is 0. The number of nitrogens with zero attached hydrogens (tertiary/aromatic N) is 3. The van der Waals surface area contributed by atoms with Crippen LogP contribution in [0.25, 0.3) is 11.0 Å². The molecule has 5 rings (SSSR count). The first-order valence-electron chi connectivity index (χ1n) is 12.8. The Morgan fingerprint density at radius 2 is 1.59 bits per heavy atom. The topological polar surface area (TPSA) is 92.1 Å². The number of methoxy groups -OCH3 is 3. The van der Waals surface area contributed by atoms with Crippen LogP contribution in [-0.4, -0.2) is 55.9 Å². The number of imidazole rings is 1. The smallest absolute Gasteiger partial charge is 0.321 e. The highest BCUT2D eigenvalue weighted by Crippen LogP contribution is 2.46. The Kier molecular flexibility index (Phi) is 7.40. The summed E-state index contributed by atoms with van der Waals surface area (Å²) in [4.78, 5) is 34.2. The van der Waals surface area contributed by atoms with Crippen molar-refractivity contribution in [2.75, 3.05) is 39.4 Å². The van der Waals surface area contributed by atoms with E-state index in [2.05, 4.69) is 0 Å². The van der Waals surface area contributed by atoms with Gasteiger partial charge >= 0.3 is 5.97 Å². The summed E-state index contributed by atoms with van der Waals surface area (Å²) in [5.74, 6) is -0.414. The minimum atomic E-state index is -1.16. The van der Waals surface area contributed by atoms with Crippen molar-refractivity contribution in [1.82, 2.24) is 9.55 Å². The van der Waals surface area contributed by atoms with E-state index < -0.39 is 17.9 Å². The lowest BCUT2D eigenvalue weighted by atomic mass is 9.88. The molecule has 9 heteroatoms. The summed E-state index contributed by atoms with van der Waals surface area (Å²) in [6, 6.07) is 20.3. The fourth-order valence-electron chi connectivity index (χ4n) is 5.22. The first-order valence-corrected chi connectivity index (χ1v) is 12.8. The molecule has 0 spiro atoms. The van der Waals surface area contributed by atoms with Crippen LogP contribution < -0.4 is 19.1 Å². The molecule has 202 valence electrons. The maximum atomic E-state index is 14.2. The molecule has 0 N–H and O–H groups in total. The van der Waals surface area contributed by atoms with Crippen LogP contribution in [0.5, 0.6) is 17.2 Å². The number of esters is 1. The molecule has 0 bridgehead atoms. The van der Waals surface area contributed by atoms with E-state index in [-0.39, 0.29) is 12.5 Å². The Morgan fingerprint density at radius 3 is 2.23 bits per heavy atom. The van der Waals surface area contributed by atoms with Gasteiger partial charge in [0.15, 0.2) is 17.4 Å². The van der Waals surface area contributed by atoms with Gasteiger partial charge in [-0.1, -0.05) is 42.5 Å². The van der Waals surface area contributed by atoms with Crippen LogP contribution in [0.3, 0.4) is 0 Å². The molecule has 0 unspecified atom stereocenters. The molecule has 0 radical (unpaired) electrons. The van der Waals surface area contributed by atoms with Gasteiger partial charge in [-0.25, -0.2) is 4.98 Å². The highest BCUT2D eigenvalue weighted by molar-refractivity contribution is 6.08. The van der Waals surface area contributed by atoms with Crippen molar-refractivity contribution in [2.24, 2.45) is 5.92 Å². The van der Waals surface area contributed by atoms with Crippen LogP contribution in [-0.2, 0) is 20.7 Å². The highest BCUT2D eigenvalue weighted by atomic mass is 16.5. The van der Waals surface area contributed by atoms with Gasteiger partial charge in [-0.05, 0) is 48.7 Å². The van der Waals surface area contributed by atoms with Gasteiger partial charge in [-0.3, -0.25) is 14.5 Å². The first-order chi connectivity index (χ1) is 19.0. The van der Waals surface area contributed by atoms with Crippen molar-refractivity contribution in [3.05, 3.63) is 77.9 Å². The molecule has 3 aromatic carbocycles. The average Bonchev–Trinajstić information content (AvgIpc) is 3.35. The van der Waals surface area contributed by atoms with E-state index in [1.165, 1.54) is 21.3 Å². The number of para-hydroxylation sites is 2. The Morgan fingerprint density at radius 1 is 0.923 bits per heavy atom. The van der Waals surface area contributed by atoms with Crippen molar-refractivity contribution >= 4 is 28.9 Å². The molecule has 0 aliphatic carbocycles. The summed E-state index contributed by atoms with van der Waals surface area (Å²) in [7, 11) is 4.58. The number of anilines is 1. The van der Waals surface area contributed by atoms with Crippen LogP contribution in [0.15, 0.2) is 66.7 Å². The molecule has 2 atom stereocenters. The standard InChI is InChI=1S/C30H31N3O6/c1-5-39-29(35)25-26(20-17-23(36-2)27(38-4)24(18-20)37-3)33-22-14-10-9-13-21(22)31-30(33)32(28(25)34)16-15-19-11-7-6-8-12-19/h6-14,17-18,25-26H,5,15-16H2,1-4H3/t25-,26-/m0/s1. The van der Waals surface area contributed by atoms with E-state index >= 15 is 0 Å². The number of fused-ring (bicyclic) bond motifs is 3. The molecule has 0 fully saturated rings. The largest absolute Gasteiger partial charge is 0.493 e. The molecule has 9 nitrogen and oxygen atoms in total. The molecule has 1 amide bonds. The third-order valence-corrected chi connectivity index (χ3v) is 6.98. The molecule has 2 heterocycles. The van der Waals surface area contributed by atoms with Gasteiger partial charge < -0.3 is 23.5 Å². The molecule has 1 aliphatic rings. The Bertz CT molecular complexity index is 1470. The zero-order valence-corrected chi connectivity index (χ0v) is 22.4. The van der Waals surface area contributed by atoms with Crippen LogP contribution >= 0.6 is 0 Å². The van der Waals surface area contributed by atoms with E-state index in [0.717, 1.165) is 11.1 Å². The molecule has 0 saturated carbocycles. The van der Waals surface area contributed by atoms with E-state index in [0.29, 0.717) is 47.2 Å². The third-order valence-electron chi connectivity index (χ3n) is 6.98. The van der Waals surface area contributed by atoms with Crippen LogP contribution in [0.4, 0.5) is 5.95 Å². The Hall–Kier alpha value is -4.53. The van der Waals surface area contributed by atoms with Gasteiger partial charge in [0.25, 0.3) is 0 Å². The SMILES string of the molecule is CCOC(=O)[C@@H]1C(=O)N(CCc2ccccc2)c2nc3ccccc3n2[C@H]1c1cc(OC)c(OC)c(OC)c1. The molecule has 4 aromatic rings. The lowest BCUT2D eigenvalue weighted by molar-refractivity contribution is -0.153. The molecule has 39 heavy (non-hydrogen) atoms. The number of amides is 1. The van der Waals surface area contributed by atoms with Crippen LogP contribution in [0.2, 0.25) is 0 Å². The lowest BCUT2D eigenvalue weighted by Crippen LogP contribution is -2.50. The summed E-state index contributed by atoms with van der Waals surface area (Å²) < 4.78 is 24.1. The monoisotopic (exact) mass is 529 g/mol. The quantitative estimate of drug-likeness (QED) is 0.234. The number of hydrogen-bond acceptors (Lipinski definition) is 7. The molecular formula is C30H31N3O6. The zero-order chi connectivity index (χ0) is 27.5. The number of carbonyl (C=O) groups excluding carboxylic acids is 2. The summed E-state index contributed by atoms with van der Waals surface area (Å²) in [6.45, 7) is 2.22.